The van der Waals surface area contributed by atoms with Crippen molar-refractivity contribution in [1.29, 1.82) is 0 Å². The van der Waals surface area contributed by atoms with Crippen LogP contribution < -0.4 is 5.73 Å². The zero-order valence-electron chi connectivity index (χ0n) is 11.7. The zero-order valence-corrected chi connectivity index (χ0v) is 12.5. The Hall–Kier alpha value is -1.26. The lowest BCUT2D eigenvalue weighted by atomic mass is 10.1. The average Bonchev–Trinajstić information content (AvgIpc) is 2.85. The van der Waals surface area contributed by atoms with Crippen molar-refractivity contribution in [3.63, 3.8) is 0 Å². The summed E-state index contributed by atoms with van der Waals surface area (Å²) in [5, 5.41) is 4.55. The van der Waals surface area contributed by atoms with E-state index in [-0.39, 0.29) is 6.04 Å². The Morgan fingerprint density at radius 2 is 2.05 bits per heavy atom. The van der Waals surface area contributed by atoms with Gasteiger partial charge in [-0.2, -0.15) is 5.10 Å². The fourth-order valence-electron chi connectivity index (χ4n) is 1.79. The highest BCUT2D eigenvalue weighted by Gasteiger charge is 2.04. The first-order chi connectivity index (χ1) is 9.06. The normalized spacial score (nSPS) is 12.9. The molecule has 1 atom stereocenters. The van der Waals surface area contributed by atoms with Crippen molar-refractivity contribution < 1.29 is 0 Å². The summed E-state index contributed by atoms with van der Waals surface area (Å²) in [5.74, 6) is 0.891. The van der Waals surface area contributed by atoms with E-state index in [0.29, 0.717) is 6.04 Å². The molecule has 3 nitrogen and oxygen atoms in total. The highest BCUT2D eigenvalue weighted by Crippen LogP contribution is 2.24. The van der Waals surface area contributed by atoms with Crippen molar-refractivity contribution in [2.75, 3.05) is 0 Å². The molecule has 0 aliphatic carbocycles. The van der Waals surface area contributed by atoms with Crippen LogP contribution in [0, 0.1) is 0 Å². The summed E-state index contributed by atoms with van der Waals surface area (Å²) in [6, 6.07) is 11.0. The monoisotopic (exact) mass is 275 g/mol. The van der Waals surface area contributed by atoms with E-state index in [9.17, 15) is 0 Å². The van der Waals surface area contributed by atoms with Gasteiger partial charge in [0.25, 0.3) is 0 Å². The molecule has 102 valence electrons. The minimum Gasteiger partial charge on any atom is -0.324 e. The summed E-state index contributed by atoms with van der Waals surface area (Å²) in [6.07, 6.45) is 2.04. The fraction of sp³-hybridized carbons (Fsp3) is 0.400. The molecule has 19 heavy (non-hydrogen) atoms. The summed E-state index contributed by atoms with van der Waals surface area (Å²) in [7, 11) is 0. The van der Waals surface area contributed by atoms with Crippen molar-refractivity contribution >= 4 is 11.8 Å². The molecule has 4 heteroatoms. The lowest BCUT2D eigenvalue weighted by molar-refractivity contribution is 0.529. The van der Waals surface area contributed by atoms with Gasteiger partial charge in [-0.1, -0.05) is 12.1 Å². The van der Waals surface area contributed by atoms with Crippen LogP contribution in [-0.4, -0.2) is 9.78 Å². The number of hydrogen-bond acceptors (Lipinski definition) is 3. The molecule has 0 spiro atoms. The van der Waals surface area contributed by atoms with E-state index in [1.54, 1.807) is 11.8 Å². The third kappa shape index (κ3) is 3.85. The highest BCUT2D eigenvalue weighted by atomic mass is 32.2. The maximum Gasteiger partial charge on any atom is 0.0727 e. The Morgan fingerprint density at radius 3 is 2.68 bits per heavy atom. The molecule has 0 radical (unpaired) electrons. The van der Waals surface area contributed by atoms with Gasteiger partial charge >= 0.3 is 0 Å². The summed E-state index contributed by atoms with van der Waals surface area (Å²) in [5.41, 5.74) is 8.20. The van der Waals surface area contributed by atoms with E-state index in [0.717, 1.165) is 11.4 Å². The largest absolute Gasteiger partial charge is 0.324 e. The van der Waals surface area contributed by atoms with Crippen LogP contribution in [0.2, 0.25) is 0 Å². The van der Waals surface area contributed by atoms with Crippen LogP contribution in [0.1, 0.15) is 44.1 Å². The van der Waals surface area contributed by atoms with Crippen LogP contribution in [0.5, 0.6) is 0 Å². The minimum atomic E-state index is 0.0840. The molecule has 1 unspecified atom stereocenters. The molecule has 1 aromatic carbocycles. The van der Waals surface area contributed by atoms with E-state index in [1.807, 2.05) is 17.8 Å². The second-order valence-electron chi connectivity index (χ2n) is 5.03. The topological polar surface area (TPSA) is 43.8 Å². The first kappa shape index (κ1) is 14.2. The fourth-order valence-corrected chi connectivity index (χ4v) is 2.65. The SMILES string of the molecule is CC(N)c1cccc(SCc2ccn(C(C)C)n2)c1. The molecule has 0 fully saturated rings. The van der Waals surface area contributed by atoms with E-state index in [2.05, 4.69) is 49.3 Å². The Labute approximate surface area is 119 Å². The number of thioether (sulfide) groups is 1. The Morgan fingerprint density at radius 1 is 1.26 bits per heavy atom. The van der Waals surface area contributed by atoms with E-state index in [4.69, 9.17) is 5.73 Å². The van der Waals surface area contributed by atoms with Crippen molar-refractivity contribution in [3.8, 4) is 0 Å². The standard InChI is InChI=1S/C15H21N3S/c1-11(2)18-8-7-14(17-18)10-19-15-6-4-5-13(9-15)12(3)16/h4-9,11-12H,10,16H2,1-3H3. The van der Waals surface area contributed by atoms with E-state index >= 15 is 0 Å². The molecular weight excluding hydrogens is 254 g/mol. The van der Waals surface area contributed by atoms with Crippen LogP contribution in [-0.2, 0) is 5.75 Å². The van der Waals surface area contributed by atoms with Gasteiger partial charge in [0.1, 0.15) is 0 Å². The predicted octanol–water partition coefficient (Wildman–Crippen LogP) is 3.78. The lowest BCUT2D eigenvalue weighted by Gasteiger charge is -2.07. The van der Waals surface area contributed by atoms with Gasteiger partial charge < -0.3 is 5.73 Å². The molecule has 0 bridgehead atoms. The third-order valence-corrected chi connectivity index (χ3v) is 3.99. The summed E-state index contributed by atoms with van der Waals surface area (Å²) >= 11 is 1.80. The summed E-state index contributed by atoms with van der Waals surface area (Å²) in [6.45, 7) is 6.28. The Balaban J connectivity index is 1.99. The molecule has 0 aliphatic rings. The lowest BCUT2D eigenvalue weighted by Crippen LogP contribution is -2.04. The van der Waals surface area contributed by atoms with Crippen LogP contribution in [0.4, 0.5) is 0 Å². The number of rotatable bonds is 5. The Kier molecular flexibility index (Phi) is 4.66. The van der Waals surface area contributed by atoms with Crippen molar-refractivity contribution in [3.05, 3.63) is 47.8 Å². The first-order valence-corrected chi connectivity index (χ1v) is 7.57. The van der Waals surface area contributed by atoms with Crippen LogP contribution in [0.3, 0.4) is 0 Å². The van der Waals surface area contributed by atoms with Crippen LogP contribution in [0.25, 0.3) is 0 Å². The van der Waals surface area contributed by atoms with Gasteiger partial charge in [-0.05, 0) is 44.5 Å². The number of hydrogen-bond donors (Lipinski definition) is 1. The molecule has 2 rings (SSSR count). The second kappa shape index (κ2) is 6.26. The smallest absolute Gasteiger partial charge is 0.0727 e. The predicted molar refractivity (Wildman–Crippen MR) is 81.2 cm³/mol. The summed E-state index contributed by atoms with van der Waals surface area (Å²) in [4.78, 5) is 1.24. The van der Waals surface area contributed by atoms with Gasteiger partial charge in [0.05, 0.1) is 5.69 Å². The molecule has 0 amide bonds. The van der Waals surface area contributed by atoms with Crippen LogP contribution in [0.15, 0.2) is 41.4 Å². The van der Waals surface area contributed by atoms with Gasteiger partial charge in [-0.3, -0.25) is 4.68 Å². The molecule has 1 aromatic heterocycles. The number of benzene rings is 1. The average molecular weight is 275 g/mol. The number of nitrogens with two attached hydrogens (primary N) is 1. The van der Waals surface area contributed by atoms with E-state index < -0.39 is 0 Å². The molecule has 0 saturated heterocycles. The van der Waals surface area contributed by atoms with Gasteiger partial charge in [0.15, 0.2) is 0 Å². The van der Waals surface area contributed by atoms with Gasteiger partial charge in [0.2, 0.25) is 0 Å². The first-order valence-electron chi connectivity index (χ1n) is 6.58. The molecule has 0 aliphatic heterocycles. The minimum absolute atomic E-state index is 0.0840. The quantitative estimate of drug-likeness (QED) is 0.845. The van der Waals surface area contributed by atoms with Gasteiger partial charge in [-0.15, -0.1) is 11.8 Å². The maximum atomic E-state index is 5.90. The van der Waals surface area contributed by atoms with Crippen molar-refractivity contribution in [2.24, 2.45) is 5.73 Å². The number of aromatic nitrogens is 2. The number of nitrogens with zero attached hydrogens (tertiary/aromatic N) is 2. The molecule has 0 saturated carbocycles. The zero-order chi connectivity index (χ0) is 13.8. The highest BCUT2D eigenvalue weighted by molar-refractivity contribution is 7.98. The molecule has 2 aromatic rings. The van der Waals surface area contributed by atoms with Crippen molar-refractivity contribution in [2.45, 2.75) is 43.5 Å². The van der Waals surface area contributed by atoms with Gasteiger partial charge in [0, 0.05) is 28.9 Å². The van der Waals surface area contributed by atoms with Crippen LogP contribution >= 0.6 is 11.8 Å². The second-order valence-corrected chi connectivity index (χ2v) is 6.08. The molecule has 2 N–H and O–H groups in total. The maximum absolute atomic E-state index is 5.90. The van der Waals surface area contributed by atoms with Crippen molar-refractivity contribution in [1.82, 2.24) is 9.78 Å². The van der Waals surface area contributed by atoms with E-state index in [1.165, 1.54) is 10.5 Å². The molecule has 1 heterocycles. The third-order valence-electron chi connectivity index (χ3n) is 2.96. The summed E-state index contributed by atoms with van der Waals surface area (Å²) < 4.78 is 1.99. The van der Waals surface area contributed by atoms with Gasteiger partial charge in [-0.25, -0.2) is 0 Å². The molecular formula is C15H21N3S. The Bertz CT molecular complexity index is 532.